The van der Waals surface area contributed by atoms with Crippen molar-refractivity contribution >= 4 is 23.4 Å². The number of rotatable bonds is 8. The minimum atomic E-state index is -0.354. The van der Waals surface area contributed by atoms with Crippen LogP contribution in [0.2, 0.25) is 0 Å². The molecular formula is C29H36N4O7. The molecule has 3 aliphatic heterocycles. The maximum Gasteiger partial charge on any atom is 0.257 e. The van der Waals surface area contributed by atoms with Crippen molar-refractivity contribution in [3.05, 3.63) is 47.5 Å². The molecule has 0 aromatic heterocycles. The summed E-state index contributed by atoms with van der Waals surface area (Å²) in [4.78, 5) is 42.6. The molecule has 0 aliphatic carbocycles. The molecule has 0 spiro atoms. The topological polar surface area (TPSA) is 119 Å². The van der Waals surface area contributed by atoms with Crippen LogP contribution in [0.15, 0.2) is 36.4 Å². The SMILES string of the molecule is CN(C)CCCNC(=O)C[C@@H]1CC[C@@H]2[C@@H](COc3ccc(NC(=O)c4ccc5c(c4)OCO5)cc3C(=O)N2C)O1. The van der Waals surface area contributed by atoms with Gasteiger partial charge < -0.3 is 39.4 Å². The molecule has 2 aromatic carbocycles. The predicted octanol–water partition coefficient (Wildman–Crippen LogP) is 2.51. The van der Waals surface area contributed by atoms with E-state index in [4.69, 9.17) is 18.9 Å². The first-order valence-corrected chi connectivity index (χ1v) is 13.6. The van der Waals surface area contributed by atoms with Crippen LogP contribution >= 0.6 is 0 Å². The molecule has 3 atom stereocenters. The van der Waals surface area contributed by atoms with E-state index in [1.807, 2.05) is 14.1 Å². The average molecular weight is 553 g/mol. The Balaban J connectivity index is 1.21. The quantitative estimate of drug-likeness (QED) is 0.480. The molecule has 0 saturated carbocycles. The van der Waals surface area contributed by atoms with Crippen LogP contribution in [0, 0.1) is 0 Å². The van der Waals surface area contributed by atoms with E-state index in [-0.39, 0.29) is 55.8 Å². The molecule has 3 aliphatic rings. The van der Waals surface area contributed by atoms with E-state index in [0.29, 0.717) is 53.4 Å². The zero-order valence-corrected chi connectivity index (χ0v) is 23.1. The van der Waals surface area contributed by atoms with Crippen LogP contribution in [0.25, 0.3) is 0 Å². The first-order valence-electron chi connectivity index (χ1n) is 13.6. The maximum absolute atomic E-state index is 13.5. The highest BCUT2D eigenvalue weighted by Gasteiger charge is 2.39. The lowest BCUT2D eigenvalue weighted by Crippen LogP contribution is -2.54. The number of anilines is 1. The third-order valence-electron chi connectivity index (χ3n) is 7.42. The summed E-state index contributed by atoms with van der Waals surface area (Å²) in [5.41, 5.74) is 1.25. The van der Waals surface area contributed by atoms with Gasteiger partial charge in [0.1, 0.15) is 18.5 Å². The normalized spacial score (nSPS) is 21.6. The Morgan fingerprint density at radius 1 is 1.02 bits per heavy atom. The second-order valence-electron chi connectivity index (χ2n) is 10.6. The number of fused-ring (bicyclic) bond motifs is 3. The summed E-state index contributed by atoms with van der Waals surface area (Å²) in [5, 5.41) is 5.81. The van der Waals surface area contributed by atoms with Crippen molar-refractivity contribution in [1.82, 2.24) is 15.1 Å². The van der Waals surface area contributed by atoms with Gasteiger partial charge in [0.15, 0.2) is 11.5 Å². The summed E-state index contributed by atoms with van der Waals surface area (Å²) in [6.45, 7) is 1.92. The Hall–Kier alpha value is -3.83. The lowest BCUT2D eigenvalue weighted by Gasteiger charge is -2.42. The van der Waals surface area contributed by atoms with Crippen LogP contribution in [0.3, 0.4) is 0 Å². The Labute approximate surface area is 233 Å². The van der Waals surface area contributed by atoms with Gasteiger partial charge in [-0.1, -0.05) is 0 Å². The molecule has 0 radical (unpaired) electrons. The molecule has 1 saturated heterocycles. The van der Waals surface area contributed by atoms with E-state index in [1.165, 1.54) is 0 Å². The third-order valence-corrected chi connectivity index (χ3v) is 7.42. The summed E-state index contributed by atoms with van der Waals surface area (Å²) in [7, 11) is 5.77. The van der Waals surface area contributed by atoms with Crippen molar-refractivity contribution in [3.63, 3.8) is 0 Å². The number of nitrogens with zero attached hydrogens (tertiary/aromatic N) is 2. The van der Waals surface area contributed by atoms with Crippen molar-refractivity contribution in [2.24, 2.45) is 0 Å². The Bertz CT molecular complexity index is 1270. The fourth-order valence-electron chi connectivity index (χ4n) is 5.25. The molecule has 40 heavy (non-hydrogen) atoms. The van der Waals surface area contributed by atoms with Crippen molar-refractivity contribution in [1.29, 1.82) is 0 Å². The van der Waals surface area contributed by atoms with Gasteiger partial charge in [-0.15, -0.1) is 0 Å². The van der Waals surface area contributed by atoms with Crippen LogP contribution in [0.4, 0.5) is 5.69 Å². The minimum absolute atomic E-state index is 0.0286. The summed E-state index contributed by atoms with van der Waals surface area (Å²) in [6, 6.07) is 9.79. The number of hydrogen-bond acceptors (Lipinski definition) is 8. The van der Waals surface area contributed by atoms with E-state index in [9.17, 15) is 14.4 Å². The molecule has 2 aromatic rings. The average Bonchev–Trinajstić information content (AvgIpc) is 3.41. The van der Waals surface area contributed by atoms with Gasteiger partial charge in [-0.05, 0) is 76.3 Å². The highest BCUT2D eigenvalue weighted by Crippen LogP contribution is 2.34. The van der Waals surface area contributed by atoms with Crippen molar-refractivity contribution in [3.8, 4) is 17.2 Å². The highest BCUT2D eigenvalue weighted by atomic mass is 16.7. The lowest BCUT2D eigenvalue weighted by atomic mass is 9.94. The molecule has 0 bridgehead atoms. The molecule has 3 amide bonds. The van der Waals surface area contributed by atoms with E-state index in [2.05, 4.69) is 15.5 Å². The summed E-state index contributed by atoms with van der Waals surface area (Å²) < 4.78 is 23.0. The van der Waals surface area contributed by atoms with Crippen LogP contribution < -0.4 is 24.8 Å². The summed E-state index contributed by atoms with van der Waals surface area (Å²) in [5.74, 6) is 0.950. The van der Waals surface area contributed by atoms with Crippen molar-refractivity contribution in [2.45, 2.75) is 43.9 Å². The fourth-order valence-corrected chi connectivity index (χ4v) is 5.25. The van der Waals surface area contributed by atoms with Gasteiger partial charge >= 0.3 is 0 Å². The molecule has 3 heterocycles. The standard InChI is InChI=1S/C29H36N4O7/c1-32(2)12-4-11-30-27(34)15-20-7-8-22-26(40-20)16-37-23-10-6-19(14-21(23)29(36)33(22)3)31-28(35)18-5-9-24-25(13-18)39-17-38-24/h5-6,9-10,13-14,20,22,26H,4,7-8,11-12,15-17H2,1-3H3,(H,30,34)(H,31,35)/t20-,22+,26+/m0/s1. The Kier molecular flexibility index (Phi) is 8.41. The molecule has 1 fully saturated rings. The number of likely N-dealkylation sites (N-methyl/N-ethyl adjacent to an activating group) is 1. The highest BCUT2D eigenvalue weighted by molar-refractivity contribution is 6.06. The predicted molar refractivity (Wildman–Crippen MR) is 147 cm³/mol. The van der Waals surface area contributed by atoms with Crippen LogP contribution in [0.1, 0.15) is 46.4 Å². The fraction of sp³-hybridized carbons (Fsp3) is 0.483. The second-order valence-corrected chi connectivity index (χ2v) is 10.6. The van der Waals surface area contributed by atoms with Crippen LogP contribution in [-0.2, 0) is 9.53 Å². The van der Waals surface area contributed by atoms with Gasteiger partial charge in [0.25, 0.3) is 11.8 Å². The molecule has 11 nitrogen and oxygen atoms in total. The summed E-state index contributed by atoms with van der Waals surface area (Å²) >= 11 is 0. The zero-order chi connectivity index (χ0) is 28.2. The molecule has 214 valence electrons. The lowest BCUT2D eigenvalue weighted by molar-refractivity contribution is -0.134. The number of ether oxygens (including phenoxy) is 4. The molecule has 0 unspecified atom stereocenters. The first kappa shape index (κ1) is 27.7. The largest absolute Gasteiger partial charge is 0.490 e. The number of benzene rings is 2. The van der Waals surface area contributed by atoms with Crippen LogP contribution in [0.5, 0.6) is 17.2 Å². The monoisotopic (exact) mass is 552 g/mol. The number of hydrogen-bond donors (Lipinski definition) is 2. The molecule has 2 N–H and O–H groups in total. The zero-order valence-electron chi connectivity index (χ0n) is 23.1. The van der Waals surface area contributed by atoms with Gasteiger partial charge in [-0.2, -0.15) is 0 Å². The Morgan fingerprint density at radius 2 is 1.82 bits per heavy atom. The van der Waals surface area contributed by atoms with E-state index < -0.39 is 0 Å². The van der Waals surface area contributed by atoms with E-state index >= 15 is 0 Å². The van der Waals surface area contributed by atoms with Gasteiger partial charge in [0.2, 0.25) is 12.7 Å². The first-order chi connectivity index (χ1) is 19.3. The van der Waals surface area contributed by atoms with Crippen molar-refractivity contribution in [2.75, 3.05) is 52.9 Å². The van der Waals surface area contributed by atoms with Gasteiger partial charge in [-0.25, -0.2) is 0 Å². The maximum atomic E-state index is 13.5. The number of nitrogens with one attached hydrogen (secondary N) is 2. The number of amides is 3. The van der Waals surface area contributed by atoms with Gasteiger partial charge in [0.05, 0.1) is 24.1 Å². The minimum Gasteiger partial charge on any atom is -0.490 e. The Morgan fingerprint density at radius 3 is 2.65 bits per heavy atom. The smallest absolute Gasteiger partial charge is 0.257 e. The molecule has 5 rings (SSSR count). The summed E-state index contributed by atoms with van der Waals surface area (Å²) in [6.07, 6.45) is 1.96. The third kappa shape index (κ3) is 6.31. The van der Waals surface area contributed by atoms with Crippen LogP contribution in [-0.4, -0.2) is 93.4 Å². The van der Waals surface area contributed by atoms with E-state index in [1.54, 1.807) is 48.3 Å². The number of carbonyl (C=O) groups excluding carboxylic acids is 3. The number of carbonyl (C=O) groups is 3. The van der Waals surface area contributed by atoms with Crippen molar-refractivity contribution < 1.29 is 33.3 Å². The molecular weight excluding hydrogens is 516 g/mol. The van der Waals surface area contributed by atoms with Gasteiger partial charge in [-0.3, -0.25) is 14.4 Å². The second kappa shape index (κ2) is 12.1. The van der Waals surface area contributed by atoms with E-state index in [0.717, 1.165) is 13.0 Å². The molecule has 11 heteroatoms. The van der Waals surface area contributed by atoms with Gasteiger partial charge in [0, 0.05) is 24.8 Å².